The highest BCUT2D eigenvalue weighted by Gasteiger charge is 2.16. The van der Waals surface area contributed by atoms with Gasteiger partial charge in [-0.1, -0.05) is 40.9 Å². The smallest absolute Gasteiger partial charge is 0.211 e. The van der Waals surface area contributed by atoms with Crippen molar-refractivity contribution in [3.63, 3.8) is 0 Å². The Labute approximate surface area is 143 Å². The summed E-state index contributed by atoms with van der Waals surface area (Å²) in [7, 11) is -3.78. The van der Waals surface area contributed by atoms with Crippen molar-refractivity contribution in [1.82, 2.24) is 4.72 Å². The van der Waals surface area contributed by atoms with Crippen LogP contribution in [0.5, 0.6) is 0 Å². The summed E-state index contributed by atoms with van der Waals surface area (Å²) in [6, 6.07) is 8.27. The second-order valence-corrected chi connectivity index (χ2v) is 7.41. The lowest BCUT2D eigenvalue weighted by atomic mass is 10.1. The molecule has 0 heterocycles. The Kier molecular flexibility index (Phi) is 5.69. The first-order valence-electron chi connectivity index (χ1n) is 6.19. The van der Waals surface area contributed by atoms with Crippen molar-refractivity contribution >= 4 is 44.8 Å². The van der Waals surface area contributed by atoms with E-state index in [9.17, 15) is 12.8 Å². The van der Waals surface area contributed by atoms with Crippen molar-refractivity contribution in [2.24, 2.45) is 0 Å². The molecule has 22 heavy (non-hydrogen) atoms. The third-order valence-electron chi connectivity index (χ3n) is 2.93. The molecule has 0 aromatic heterocycles. The number of nitrogens with one attached hydrogen (secondary N) is 1. The van der Waals surface area contributed by atoms with E-state index in [0.717, 1.165) is 18.2 Å². The highest BCUT2D eigenvalue weighted by atomic mass is 35.5. The Morgan fingerprint density at radius 1 is 1.00 bits per heavy atom. The summed E-state index contributed by atoms with van der Waals surface area (Å²) in [6.45, 7) is 0.0980. The first kappa shape index (κ1) is 17.5. The summed E-state index contributed by atoms with van der Waals surface area (Å²) in [4.78, 5) is -0.107. The van der Waals surface area contributed by atoms with Crippen molar-refractivity contribution in [3.8, 4) is 0 Å². The van der Waals surface area contributed by atoms with Crippen molar-refractivity contribution in [3.05, 3.63) is 62.8 Å². The molecule has 0 saturated carbocycles. The van der Waals surface area contributed by atoms with Gasteiger partial charge in [-0.05, 0) is 42.3 Å². The maximum absolute atomic E-state index is 13.1. The molecule has 0 aliphatic rings. The number of benzene rings is 2. The number of hydrogen-bond acceptors (Lipinski definition) is 2. The van der Waals surface area contributed by atoms with E-state index in [1.165, 1.54) is 0 Å². The van der Waals surface area contributed by atoms with Gasteiger partial charge in [0.1, 0.15) is 5.82 Å². The highest BCUT2D eigenvalue weighted by Crippen LogP contribution is 2.24. The van der Waals surface area contributed by atoms with Gasteiger partial charge < -0.3 is 0 Å². The van der Waals surface area contributed by atoms with Crippen LogP contribution in [0.15, 0.2) is 41.3 Å². The standard InChI is InChI=1S/C14H11Cl3FNO2S/c15-11-2-1-3-12(16)10(11)6-7-19-22(20,21)9-4-5-14(18)13(17)8-9/h1-5,8,19H,6-7H2. The lowest BCUT2D eigenvalue weighted by molar-refractivity contribution is 0.580. The first-order valence-corrected chi connectivity index (χ1v) is 8.80. The average Bonchev–Trinajstić information content (AvgIpc) is 2.45. The third kappa shape index (κ3) is 4.12. The summed E-state index contributed by atoms with van der Waals surface area (Å²) < 4.78 is 39.7. The molecule has 0 radical (unpaired) electrons. The maximum atomic E-state index is 13.1. The van der Waals surface area contributed by atoms with Gasteiger partial charge in [-0.15, -0.1) is 0 Å². The number of hydrogen-bond donors (Lipinski definition) is 1. The second kappa shape index (κ2) is 7.15. The van der Waals surface area contributed by atoms with Crippen LogP contribution in [0.25, 0.3) is 0 Å². The van der Waals surface area contributed by atoms with E-state index in [1.54, 1.807) is 18.2 Å². The van der Waals surface area contributed by atoms with Gasteiger partial charge in [-0.2, -0.15) is 0 Å². The van der Waals surface area contributed by atoms with Gasteiger partial charge in [0, 0.05) is 16.6 Å². The lowest BCUT2D eigenvalue weighted by Crippen LogP contribution is -2.26. The fourth-order valence-electron chi connectivity index (χ4n) is 1.81. The average molecular weight is 383 g/mol. The van der Waals surface area contributed by atoms with Gasteiger partial charge in [0.15, 0.2) is 0 Å². The Morgan fingerprint density at radius 3 is 2.23 bits per heavy atom. The van der Waals surface area contributed by atoms with Gasteiger partial charge in [0.2, 0.25) is 10.0 Å². The van der Waals surface area contributed by atoms with Crippen LogP contribution in [0.4, 0.5) is 4.39 Å². The van der Waals surface area contributed by atoms with Crippen molar-refractivity contribution in [1.29, 1.82) is 0 Å². The molecule has 3 nitrogen and oxygen atoms in total. The first-order chi connectivity index (χ1) is 10.3. The second-order valence-electron chi connectivity index (χ2n) is 4.42. The molecule has 118 valence electrons. The summed E-state index contributed by atoms with van der Waals surface area (Å²) >= 11 is 17.6. The molecule has 0 bridgehead atoms. The van der Waals surface area contributed by atoms with Crippen LogP contribution in [0.3, 0.4) is 0 Å². The largest absolute Gasteiger partial charge is 0.240 e. The molecule has 2 rings (SSSR count). The van der Waals surface area contributed by atoms with E-state index in [-0.39, 0.29) is 16.5 Å². The molecule has 2 aromatic carbocycles. The van der Waals surface area contributed by atoms with E-state index in [1.807, 2.05) is 0 Å². The molecule has 0 fully saturated rings. The van der Waals surface area contributed by atoms with Gasteiger partial charge in [-0.3, -0.25) is 0 Å². The molecule has 0 aliphatic carbocycles. The third-order valence-corrected chi connectivity index (χ3v) is 5.39. The van der Waals surface area contributed by atoms with Crippen molar-refractivity contribution < 1.29 is 12.8 Å². The quantitative estimate of drug-likeness (QED) is 0.837. The maximum Gasteiger partial charge on any atom is 0.240 e. The van der Waals surface area contributed by atoms with E-state index in [0.29, 0.717) is 22.0 Å². The van der Waals surface area contributed by atoms with Gasteiger partial charge in [-0.25, -0.2) is 17.5 Å². The molecule has 0 aliphatic heterocycles. The zero-order chi connectivity index (χ0) is 16.3. The summed E-state index contributed by atoms with van der Waals surface area (Å²) in [6.07, 6.45) is 0.326. The molecule has 0 spiro atoms. The molecular formula is C14H11Cl3FNO2S. The predicted octanol–water partition coefficient (Wildman–Crippen LogP) is 4.31. The zero-order valence-corrected chi connectivity index (χ0v) is 14.2. The van der Waals surface area contributed by atoms with Gasteiger partial charge in [0.05, 0.1) is 9.92 Å². The summed E-state index contributed by atoms with van der Waals surface area (Å²) in [5.41, 5.74) is 0.658. The van der Waals surface area contributed by atoms with Crippen LogP contribution >= 0.6 is 34.8 Å². The number of rotatable bonds is 5. The lowest BCUT2D eigenvalue weighted by Gasteiger charge is -2.09. The number of halogens is 4. The fraction of sp³-hybridized carbons (Fsp3) is 0.143. The van der Waals surface area contributed by atoms with E-state index in [2.05, 4.69) is 4.72 Å². The van der Waals surface area contributed by atoms with E-state index < -0.39 is 15.8 Å². The van der Waals surface area contributed by atoms with Crippen molar-refractivity contribution in [2.75, 3.05) is 6.54 Å². The minimum absolute atomic E-state index is 0.0980. The van der Waals surface area contributed by atoms with Gasteiger partial charge >= 0.3 is 0 Å². The van der Waals surface area contributed by atoms with E-state index in [4.69, 9.17) is 34.8 Å². The zero-order valence-electron chi connectivity index (χ0n) is 11.1. The van der Waals surface area contributed by atoms with Crippen LogP contribution in [0, 0.1) is 5.82 Å². The monoisotopic (exact) mass is 381 g/mol. The molecule has 0 atom stereocenters. The minimum atomic E-state index is -3.78. The van der Waals surface area contributed by atoms with E-state index >= 15 is 0 Å². The Morgan fingerprint density at radius 2 is 1.64 bits per heavy atom. The fourth-order valence-corrected chi connectivity index (χ4v) is 3.70. The molecular weight excluding hydrogens is 372 g/mol. The molecule has 2 aromatic rings. The van der Waals surface area contributed by atoms with Gasteiger partial charge in [0.25, 0.3) is 0 Å². The van der Waals surface area contributed by atoms with Crippen LogP contribution in [-0.4, -0.2) is 15.0 Å². The van der Waals surface area contributed by atoms with Crippen LogP contribution in [0.1, 0.15) is 5.56 Å². The van der Waals surface area contributed by atoms with Crippen LogP contribution in [0.2, 0.25) is 15.1 Å². The topological polar surface area (TPSA) is 46.2 Å². The molecule has 8 heteroatoms. The molecule has 0 saturated heterocycles. The van der Waals surface area contributed by atoms with Crippen molar-refractivity contribution in [2.45, 2.75) is 11.3 Å². The normalized spacial score (nSPS) is 11.6. The Bertz CT molecular complexity index is 776. The predicted molar refractivity (Wildman–Crippen MR) is 86.8 cm³/mol. The molecule has 0 unspecified atom stereocenters. The minimum Gasteiger partial charge on any atom is -0.211 e. The Balaban J connectivity index is 2.08. The summed E-state index contributed by atoms with van der Waals surface area (Å²) in [5.74, 6) is -0.677. The Hall–Kier alpha value is -0.850. The summed E-state index contributed by atoms with van der Waals surface area (Å²) in [5, 5.41) is 0.685. The number of sulfonamides is 1. The molecule has 0 amide bonds. The highest BCUT2D eigenvalue weighted by molar-refractivity contribution is 7.89. The molecule has 1 N–H and O–H groups in total. The van der Waals surface area contributed by atoms with Crippen LogP contribution in [-0.2, 0) is 16.4 Å². The SMILES string of the molecule is O=S(=O)(NCCc1c(Cl)cccc1Cl)c1ccc(F)c(Cl)c1. The van der Waals surface area contributed by atoms with Crippen LogP contribution < -0.4 is 4.72 Å².